The number of carbonyl (C=O) groups excluding carboxylic acids is 1. The molecule has 2 aromatic carbocycles. The fourth-order valence-corrected chi connectivity index (χ4v) is 3.07. The van der Waals surface area contributed by atoms with Gasteiger partial charge < -0.3 is 10.6 Å². The van der Waals surface area contributed by atoms with E-state index in [1.54, 1.807) is 0 Å². The van der Waals surface area contributed by atoms with E-state index in [1.807, 2.05) is 67.5 Å². The van der Waals surface area contributed by atoms with E-state index in [2.05, 4.69) is 6.07 Å². The zero-order valence-corrected chi connectivity index (χ0v) is 13.1. The van der Waals surface area contributed by atoms with Gasteiger partial charge in [0, 0.05) is 24.7 Å². The number of thioether (sulfide) groups is 1. The molecule has 1 atom stereocenters. The average molecular weight is 300 g/mol. The molecule has 0 aliphatic heterocycles. The summed E-state index contributed by atoms with van der Waals surface area (Å²) in [6, 6.07) is 18.1. The maximum absolute atomic E-state index is 11.7. The quantitative estimate of drug-likeness (QED) is 0.834. The van der Waals surface area contributed by atoms with E-state index in [0.29, 0.717) is 6.42 Å². The van der Waals surface area contributed by atoms with Crippen LogP contribution in [-0.4, -0.2) is 25.3 Å². The predicted octanol–water partition coefficient (Wildman–Crippen LogP) is 2.94. The molecule has 0 spiro atoms. The summed E-state index contributed by atoms with van der Waals surface area (Å²) < 4.78 is 0. The van der Waals surface area contributed by atoms with Crippen LogP contribution in [0, 0.1) is 0 Å². The van der Waals surface area contributed by atoms with Crippen LogP contribution in [0.5, 0.6) is 0 Å². The lowest BCUT2D eigenvalue weighted by molar-refractivity contribution is -0.117. The molecule has 0 aromatic heterocycles. The molecule has 0 saturated carbocycles. The Kier molecular flexibility index (Phi) is 5.28. The normalized spacial score (nSPS) is 11.9. The number of hydrogen-bond acceptors (Lipinski definition) is 3. The van der Waals surface area contributed by atoms with Crippen molar-refractivity contribution in [1.29, 1.82) is 0 Å². The number of nitrogens with two attached hydrogens (primary N) is 1. The second-order valence-electron chi connectivity index (χ2n) is 5.09. The summed E-state index contributed by atoms with van der Waals surface area (Å²) in [7, 11) is 4.01. The molecule has 0 radical (unpaired) electrons. The first kappa shape index (κ1) is 15.4. The Morgan fingerprint density at radius 2 is 1.86 bits per heavy atom. The summed E-state index contributed by atoms with van der Waals surface area (Å²) in [6.45, 7) is 0. The van der Waals surface area contributed by atoms with Gasteiger partial charge in [-0.2, -0.15) is 0 Å². The lowest BCUT2D eigenvalue weighted by Crippen LogP contribution is -2.27. The van der Waals surface area contributed by atoms with Gasteiger partial charge in [0.05, 0.1) is 5.25 Å². The van der Waals surface area contributed by atoms with Gasteiger partial charge in [-0.05, 0) is 36.2 Å². The van der Waals surface area contributed by atoms with Crippen LogP contribution < -0.4 is 10.6 Å². The van der Waals surface area contributed by atoms with E-state index in [4.69, 9.17) is 5.73 Å². The first-order chi connectivity index (χ1) is 10.1. The van der Waals surface area contributed by atoms with Gasteiger partial charge in [-0.1, -0.05) is 30.3 Å². The van der Waals surface area contributed by atoms with Crippen LogP contribution in [0.25, 0.3) is 0 Å². The van der Waals surface area contributed by atoms with E-state index in [-0.39, 0.29) is 11.2 Å². The lowest BCUT2D eigenvalue weighted by Gasteiger charge is -2.16. The van der Waals surface area contributed by atoms with Crippen LogP contribution in [0.3, 0.4) is 0 Å². The predicted molar refractivity (Wildman–Crippen MR) is 89.8 cm³/mol. The fourth-order valence-electron chi connectivity index (χ4n) is 2.04. The molecule has 21 heavy (non-hydrogen) atoms. The number of hydrogen-bond donors (Lipinski definition) is 1. The Morgan fingerprint density at radius 3 is 2.48 bits per heavy atom. The highest BCUT2D eigenvalue weighted by Crippen LogP contribution is 2.26. The summed E-state index contributed by atoms with van der Waals surface area (Å²) in [5.74, 6) is -0.279. The summed E-state index contributed by atoms with van der Waals surface area (Å²) >= 11 is 1.52. The van der Waals surface area contributed by atoms with Gasteiger partial charge in [0.25, 0.3) is 0 Å². The number of benzene rings is 2. The van der Waals surface area contributed by atoms with Gasteiger partial charge in [-0.25, -0.2) is 0 Å². The van der Waals surface area contributed by atoms with E-state index >= 15 is 0 Å². The average Bonchev–Trinajstić information content (AvgIpc) is 2.48. The van der Waals surface area contributed by atoms with Gasteiger partial charge in [0.15, 0.2) is 0 Å². The van der Waals surface area contributed by atoms with Crippen LogP contribution in [0.2, 0.25) is 0 Å². The van der Waals surface area contributed by atoms with Crippen molar-refractivity contribution in [2.24, 2.45) is 5.73 Å². The van der Waals surface area contributed by atoms with Crippen LogP contribution in [0.4, 0.5) is 5.69 Å². The standard InChI is InChI=1S/C17H20N2OS/c1-19(2)14-8-6-7-13(11-14)12-16(17(18)20)21-15-9-4-3-5-10-15/h3-11,16H,12H2,1-2H3,(H2,18,20). The number of carbonyl (C=O) groups is 1. The van der Waals surface area contributed by atoms with Crippen molar-refractivity contribution in [2.45, 2.75) is 16.6 Å². The summed E-state index contributed by atoms with van der Waals surface area (Å²) in [6.07, 6.45) is 0.635. The van der Waals surface area contributed by atoms with Crippen LogP contribution in [-0.2, 0) is 11.2 Å². The zero-order chi connectivity index (χ0) is 15.2. The topological polar surface area (TPSA) is 46.3 Å². The van der Waals surface area contributed by atoms with Crippen LogP contribution >= 0.6 is 11.8 Å². The molecule has 110 valence electrons. The molecule has 1 unspecified atom stereocenters. The Morgan fingerprint density at radius 1 is 1.14 bits per heavy atom. The van der Waals surface area contributed by atoms with E-state index in [9.17, 15) is 4.79 Å². The van der Waals surface area contributed by atoms with Gasteiger partial charge >= 0.3 is 0 Å². The molecule has 0 aliphatic rings. The third kappa shape index (κ3) is 4.53. The molecule has 0 bridgehead atoms. The van der Waals surface area contributed by atoms with Crippen molar-refractivity contribution in [3.8, 4) is 0 Å². The van der Waals surface area contributed by atoms with Gasteiger partial charge in [-0.15, -0.1) is 11.8 Å². The molecule has 0 aliphatic carbocycles. The van der Waals surface area contributed by atoms with Crippen molar-refractivity contribution in [3.05, 3.63) is 60.2 Å². The fraction of sp³-hybridized carbons (Fsp3) is 0.235. The number of rotatable bonds is 6. The Balaban J connectivity index is 2.13. The van der Waals surface area contributed by atoms with Gasteiger partial charge in [0.2, 0.25) is 5.91 Å². The Hall–Kier alpha value is -1.94. The number of primary amides is 1. The first-order valence-electron chi connectivity index (χ1n) is 6.83. The number of nitrogens with zero attached hydrogens (tertiary/aromatic N) is 1. The molecule has 1 amide bonds. The second kappa shape index (κ2) is 7.18. The highest BCUT2D eigenvalue weighted by Gasteiger charge is 2.17. The Labute approximate surface area is 130 Å². The van der Waals surface area contributed by atoms with Gasteiger partial charge in [-0.3, -0.25) is 4.79 Å². The molecule has 2 N–H and O–H groups in total. The van der Waals surface area contributed by atoms with Crippen molar-refractivity contribution in [1.82, 2.24) is 0 Å². The van der Waals surface area contributed by atoms with Crippen molar-refractivity contribution in [2.75, 3.05) is 19.0 Å². The number of amides is 1. The molecule has 4 heteroatoms. The maximum Gasteiger partial charge on any atom is 0.231 e. The third-order valence-corrected chi connectivity index (χ3v) is 4.41. The SMILES string of the molecule is CN(C)c1cccc(CC(Sc2ccccc2)C(N)=O)c1. The van der Waals surface area contributed by atoms with E-state index < -0.39 is 0 Å². The molecule has 2 aromatic rings. The Bertz CT molecular complexity index is 599. The van der Waals surface area contributed by atoms with Crippen molar-refractivity contribution >= 4 is 23.4 Å². The van der Waals surface area contributed by atoms with Crippen molar-refractivity contribution < 1.29 is 4.79 Å². The monoisotopic (exact) mass is 300 g/mol. The minimum atomic E-state index is -0.279. The van der Waals surface area contributed by atoms with E-state index in [1.165, 1.54) is 11.8 Å². The minimum absolute atomic E-state index is 0.259. The lowest BCUT2D eigenvalue weighted by atomic mass is 10.1. The highest BCUT2D eigenvalue weighted by molar-refractivity contribution is 8.00. The summed E-state index contributed by atoms with van der Waals surface area (Å²) in [5.41, 5.74) is 7.80. The highest BCUT2D eigenvalue weighted by atomic mass is 32.2. The van der Waals surface area contributed by atoms with E-state index in [0.717, 1.165) is 16.1 Å². The largest absolute Gasteiger partial charge is 0.378 e. The minimum Gasteiger partial charge on any atom is -0.378 e. The molecule has 0 saturated heterocycles. The maximum atomic E-state index is 11.7. The third-order valence-electron chi connectivity index (χ3n) is 3.19. The molecule has 0 heterocycles. The molecule has 0 fully saturated rings. The molecular formula is C17H20N2OS. The molecular weight excluding hydrogens is 280 g/mol. The molecule has 2 rings (SSSR count). The summed E-state index contributed by atoms with van der Waals surface area (Å²) in [4.78, 5) is 14.8. The smallest absolute Gasteiger partial charge is 0.231 e. The first-order valence-corrected chi connectivity index (χ1v) is 7.71. The number of anilines is 1. The molecule has 3 nitrogen and oxygen atoms in total. The zero-order valence-electron chi connectivity index (χ0n) is 12.3. The van der Waals surface area contributed by atoms with Crippen molar-refractivity contribution in [3.63, 3.8) is 0 Å². The van der Waals surface area contributed by atoms with Crippen LogP contribution in [0.1, 0.15) is 5.56 Å². The second-order valence-corrected chi connectivity index (χ2v) is 6.37. The summed E-state index contributed by atoms with van der Waals surface area (Å²) in [5, 5.41) is -0.259. The van der Waals surface area contributed by atoms with Crippen LogP contribution in [0.15, 0.2) is 59.5 Å². The van der Waals surface area contributed by atoms with Gasteiger partial charge in [0.1, 0.15) is 0 Å².